The molecule has 0 N–H and O–H groups in total. The molecule has 0 fully saturated rings. The summed E-state index contributed by atoms with van der Waals surface area (Å²) in [6.45, 7) is 4.04. The van der Waals surface area contributed by atoms with Gasteiger partial charge >= 0.3 is 5.69 Å². The summed E-state index contributed by atoms with van der Waals surface area (Å²) in [6, 6.07) is 12.7. The lowest BCUT2D eigenvalue weighted by Crippen LogP contribution is -2.26. The van der Waals surface area contributed by atoms with Crippen molar-refractivity contribution < 1.29 is 19.2 Å². The number of rotatable bonds is 8. The van der Waals surface area contributed by atoms with E-state index in [0.717, 1.165) is 11.1 Å². The predicted octanol–water partition coefficient (Wildman–Crippen LogP) is 3.75. The molecule has 0 unspecified atom stereocenters. The SMILES string of the molecule is COc1cccc(CN(C)C(=O)c2ccc(Cn3nc(C)c([N+](=O)[O-])c3C)cc2)c1OC. The summed E-state index contributed by atoms with van der Waals surface area (Å²) in [5.74, 6) is 1.08. The van der Waals surface area contributed by atoms with Crippen LogP contribution < -0.4 is 9.47 Å². The van der Waals surface area contributed by atoms with E-state index < -0.39 is 4.92 Å². The number of ether oxygens (including phenoxy) is 2. The molecule has 0 saturated heterocycles. The minimum atomic E-state index is -0.414. The average molecular weight is 438 g/mol. The van der Waals surface area contributed by atoms with E-state index in [-0.39, 0.29) is 11.6 Å². The smallest absolute Gasteiger partial charge is 0.312 e. The van der Waals surface area contributed by atoms with E-state index in [4.69, 9.17) is 9.47 Å². The maximum Gasteiger partial charge on any atom is 0.312 e. The first-order valence-electron chi connectivity index (χ1n) is 9.99. The van der Waals surface area contributed by atoms with Gasteiger partial charge in [0.05, 0.1) is 25.7 Å². The highest BCUT2D eigenvalue weighted by Gasteiger charge is 2.22. The first kappa shape index (κ1) is 22.8. The van der Waals surface area contributed by atoms with E-state index in [1.165, 1.54) is 0 Å². The molecule has 1 amide bonds. The van der Waals surface area contributed by atoms with Gasteiger partial charge in [-0.3, -0.25) is 19.6 Å². The van der Waals surface area contributed by atoms with Crippen molar-refractivity contribution in [2.45, 2.75) is 26.9 Å². The highest BCUT2D eigenvalue weighted by atomic mass is 16.6. The fraction of sp³-hybridized carbons (Fsp3) is 0.304. The number of benzene rings is 2. The molecule has 3 aromatic rings. The van der Waals surface area contributed by atoms with E-state index in [0.29, 0.717) is 41.5 Å². The molecule has 9 nitrogen and oxygen atoms in total. The molecule has 0 aliphatic carbocycles. The van der Waals surface area contributed by atoms with Gasteiger partial charge in [-0.2, -0.15) is 5.10 Å². The molecule has 0 aliphatic rings. The van der Waals surface area contributed by atoms with Gasteiger partial charge in [0.15, 0.2) is 11.5 Å². The van der Waals surface area contributed by atoms with Gasteiger partial charge in [0.2, 0.25) is 0 Å². The van der Waals surface area contributed by atoms with Crippen LogP contribution in [0.5, 0.6) is 11.5 Å². The lowest BCUT2D eigenvalue weighted by atomic mass is 10.1. The number of para-hydroxylation sites is 1. The fourth-order valence-corrected chi connectivity index (χ4v) is 3.66. The van der Waals surface area contributed by atoms with Crippen molar-refractivity contribution in [1.29, 1.82) is 0 Å². The molecule has 0 saturated carbocycles. The molecule has 0 radical (unpaired) electrons. The second-order valence-electron chi connectivity index (χ2n) is 7.44. The van der Waals surface area contributed by atoms with Gasteiger partial charge in [-0.15, -0.1) is 0 Å². The summed E-state index contributed by atoms with van der Waals surface area (Å²) in [7, 11) is 4.87. The fourth-order valence-electron chi connectivity index (χ4n) is 3.66. The van der Waals surface area contributed by atoms with Gasteiger partial charge in [0, 0.05) is 24.7 Å². The number of carbonyl (C=O) groups is 1. The number of methoxy groups -OCH3 is 2. The van der Waals surface area contributed by atoms with Crippen molar-refractivity contribution in [1.82, 2.24) is 14.7 Å². The zero-order valence-corrected chi connectivity index (χ0v) is 18.8. The van der Waals surface area contributed by atoms with E-state index >= 15 is 0 Å². The number of nitro groups is 1. The lowest BCUT2D eigenvalue weighted by Gasteiger charge is -2.20. The Morgan fingerprint density at radius 1 is 1.12 bits per heavy atom. The van der Waals surface area contributed by atoms with E-state index in [1.807, 2.05) is 24.3 Å². The van der Waals surface area contributed by atoms with E-state index in [2.05, 4.69) is 5.10 Å². The highest BCUT2D eigenvalue weighted by Crippen LogP contribution is 2.31. The first-order chi connectivity index (χ1) is 15.3. The third kappa shape index (κ3) is 4.56. The number of hydrogen-bond donors (Lipinski definition) is 0. The number of hydrogen-bond acceptors (Lipinski definition) is 6. The van der Waals surface area contributed by atoms with Crippen LogP contribution in [0, 0.1) is 24.0 Å². The summed E-state index contributed by atoms with van der Waals surface area (Å²) >= 11 is 0. The monoisotopic (exact) mass is 438 g/mol. The summed E-state index contributed by atoms with van der Waals surface area (Å²) in [6.07, 6.45) is 0. The zero-order chi connectivity index (χ0) is 23.4. The summed E-state index contributed by atoms with van der Waals surface area (Å²) in [5.41, 5.74) is 3.18. The number of aromatic nitrogens is 2. The van der Waals surface area contributed by atoms with Crippen LogP contribution in [0.4, 0.5) is 5.69 Å². The Morgan fingerprint density at radius 2 is 1.81 bits per heavy atom. The first-order valence-corrected chi connectivity index (χ1v) is 9.99. The molecular formula is C23H26N4O5. The standard InChI is InChI=1S/C23H26N4O5/c1-15-21(27(29)30)16(2)26(24-15)13-17-9-11-18(12-10-17)23(28)25(3)14-19-7-6-8-20(31-4)22(19)32-5/h6-12H,13-14H2,1-5H3. The molecule has 0 aliphatic heterocycles. The van der Waals surface area contributed by atoms with Crippen molar-refractivity contribution in [3.8, 4) is 11.5 Å². The lowest BCUT2D eigenvalue weighted by molar-refractivity contribution is -0.386. The van der Waals surface area contributed by atoms with Crippen LogP contribution in [0.1, 0.15) is 32.9 Å². The van der Waals surface area contributed by atoms with Gasteiger partial charge in [-0.1, -0.05) is 24.3 Å². The Balaban J connectivity index is 1.73. The van der Waals surface area contributed by atoms with Gasteiger partial charge in [-0.25, -0.2) is 0 Å². The second kappa shape index (κ2) is 9.51. The van der Waals surface area contributed by atoms with Gasteiger partial charge in [0.25, 0.3) is 5.91 Å². The Bertz CT molecular complexity index is 1140. The third-order valence-electron chi connectivity index (χ3n) is 5.30. The maximum atomic E-state index is 12.9. The number of amides is 1. The van der Waals surface area contributed by atoms with Crippen LogP contribution in [0.2, 0.25) is 0 Å². The highest BCUT2D eigenvalue weighted by molar-refractivity contribution is 5.94. The van der Waals surface area contributed by atoms with Crippen LogP contribution in [-0.2, 0) is 13.1 Å². The van der Waals surface area contributed by atoms with E-state index in [1.54, 1.807) is 62.9 Å². The molecule has 3 rings (SSSR count). The Hall–Kier alpha value is -3.88. The minimum Gasteiger partial charge on any atom is -0.493 e. The Morgan fingerprint density at radius 3 is 2.38 bits per heavy atom. The minimum absolute atomic E-state index is 0.0337. The van der Waals surface area contributed by atoms with E-state index in [9.17, 15) is 14.9 Å². The quantitative estimate of drug-likeness (QED) is 0.392. The van der Waals surface area contributed by atoms with Crippen LogP contribution in [0.15, 0.2) is 42.5 Å². The molecule has 0 atom stereocenters. The van der Waals surface area contributed by atoms with Gasteiger partial charge in [0.1, 0.15) is 11.4 Å². The molecule has 2 aromatic carbocycles. The summed E-state index contributed by atoms with van der Waals surface area (Å²) in [5, 5.41) is 15.5. The Labute approximate surface area is 186 Å². The van der Waals surface area contributed by atoms with Gasteiger partial charge < -0.3 is 14.4 Å². The molecule has 168 valence electrons. The van der Waals surface area contributed by atoms with Crippen LogP contribution >= 0.6 is 0 Å². The number of aryl methyl sites for hydroxylation is 1. The molecule has 9 heteroatoms. The third-order valence-corrected chi connectivity index (χ3v) is 5.30. The maximum absolute atomic E-state index is 12.9. The normalized spacial score (nSPS) is 10.7. The van der Waals surface area contributed by atoms with Crippen molar-refractivity contribution in [2.75, 3.05) is 21.3 Å². The molecule has 1 heterocycles. The Kier molecular flexibility index (Phi) is 6.77. The van der Waals surface area contributed by atoms with Crippen LogP contribution in [-0.4, -0.2) is 46.8 Å². The topological polar surface area (TPSA) is 99.7 Å². The summed E-state index contributed by atoms with van der Waals surface area (Å²) in [4.78, 5) is 25.3. The van der Waals surface area contributed by atoms with Crippen molar-refractivity contribution in [3.05, 3.63) is 80.7 Å². The summed E-state index contributed by atoms with van der Waals surface area (Å²) < 4.78 is 12.4. The molecule has 0 bridgehead atoms. The predicted molar refractivity (Wildman–Crippen MR) is 119 cm³/mol. The second-order valence-corrected chi connectivity index (χ2v) is 7.44. The van der Waals surface area contributed by atoms with Crippen molar-refractivity contribution in [2.24, 2.45) is 0 Å². The molecule has 32 heavy (non-hydrogen) atoms. The van der Waals surface area contributed by atoms with Crippen LogP contribution in [0.3, 0.4) is 0 Å². The molecular weight excluding hydrogens is 412 g/mol. The van der Waals surface area contributed by atoms with Gasteiger partial charge in [-0.05, 0) is 37.6 Å². The van der Waals surface area contributed by atoms with Crippen molar-refractivity contribution in [3.63, 3.8) is 0 Å². The largest absolute Gasteiger partial charge is 0.493 e. The number of carbonyl (C=O) groups excluding carboxylic acids is 1. The molecule has 1 aromatic heterocycles. The van der Waals surface area contributed by atoms with Crippen molar-refractivity contribution >= 4 is 11.6 Å². The van der Waals surface area contributed by atoms with Crippen LogP contribution in [0.25, 0.3) is 0 Å². The average Bonchev–Trinajstić information content (AvgIpc) is 3.06. The number of nitrogens with zero attached hydrogens (tertiary/aromatic N) is 4. The zero-order valence-electron chi connectivity index (χ0n) is 18.8. The molecule has 0 spiro atoms.